The monoisotopic (exact) mass is 543 g/mol. The summed E-state index contributed by atoms with van der Waals surface area (Å²) in [6.45, 7) is 0. The highest BCUT2D eigenvalue weighted by atomic mass is 32.1. The second kappa shape index (κ2) is 9.17. The van der Waals surface area contributed by atoms with Crippen LogP contribution in [0.25, 0.3) is 73.7 Å². The van der Waals surface area contributed by atoms with Crippen LogP contribution in [0.2, 0.25) is 0 Å². The number of hydrogen-bond donors (Lipinski definition) is 0. The molecule has 186 valence electrons. The molecule has 1 nitrogen and oxygen atoms in total. The normalized spacial score (nSPS) is 11.5. The first-order chi connectivity index (χ1) is 19.8. The Morgan fingerprint density at radius 2 is 1.05 bits per heavy atom. The summed E-state index contributed by atoms with van der Waals surface area (Å²) in [4.78, 5) is 0. The molecule has 0 aliphatic carbocycles. The van der Waals surface area contributed by atoms with Crippen molar-refractivity contribution >= 4 is 63.0 Å². The van der Waals surface area contributed by atoms with Gasteiger partial charge >= 0.3 is 0 Å². The van der Waals surface area contributed by atoms with Gasteiger partial charge in [-0.1, -0.05) is 97.1 Å². The molecule has 6 aromatic carbocycles. The average Bonchev–Trinajstić information content (AvgIpc) is 3.59. The summed E-state index contributed by atoms with van der Waals surface area (Å²) in [7, 11) is 0. The maximum absolute atomic E-state index is 10.8. The molecular formula is C37H21NS2. The van der Waals surface area contributed by atoms with E-state index >= 15 is 0 Å². The lowest BCUT2D eigenvalue weighted by Crippen LogP contribution is -1.93. The molecule has 0 spiro atoms. The van der Waals surface area contributed by atoms with Crippen LogP contribution in [0.1, 0.15) is 5.56 Å². The molecule has 0 saturated heterocycles. The Bertz CT molecular complexity index is 2280. The Morgan fingerprint density at radius 3 is 1.85 bits per heavy atom. The first kappa shape index (κ1) is 23.2. The van der Waals surface area contributed by atoms with E-state index in [2.05, 4.69) is 127 Å². The summed E-state index contributed by atoms with van der Waals surface area (Å²) >= 11 is 3.61. The minimum atomic E-state index is 0.715. The third kappa shape index (κ3) is 3.51. The number of benzene rings is 6. The fraction of sp³-hybridized carbons (Fsp3) is 0. The molecule has 0 atom stereocenters. The maximum atomic E-state index is 10.8. The highest BCUT2D eigenvalue weighted by molar-refractivity contribution is 7.26. The highest BCUT2D eigenvalue weighted by Crippen LogP contribution is 2.46. The van der Waals surface area contributed by atoms with E-state index in [-0.39, 0.29) is 0 Å². The van der Waals surface area contributed by atoms with Crippen molar-refractivity contribution in [1.82, 2.24) is 0 Å². The molecule has 0 fully saturated rings. The largest absolute Gasteiger partial charge is 0.192 e. The van der Waals surface area contributed by atoms with Gasteiger partial charge in [0.2, 0.25) is 0 Å². The minimum Gasteiger partial charge on any atom is -0.192 e. The van der Waals surface area contributed by atoms with Gasteiger partial charge in [0.1, 0.15) is 6.07 Å². The summed E-state index contributed by atoms with van der Waals surface area (Å²) in [5.41, 5.74) is 7.14. The van der Waals surface area contributed by atoms with Gasteiger partial charge in [-0.15, -0.1) is 22.7 Å². The number of thiophene rings is 2. The van der Waals surface area contributed by atoms with Gasteiger partial charge in [0.05, 0.1) is 5.56 Å². The lowest BCUT2D eigenvalue weighted by molar-refractivity contribution is 1.48. The molecular weight excluding hydrogens is 523 g/mol. The molecule has 3 heteroatoms. The summed E-state index contributed by atoms with van der Waals surface area (Å²) in [5.74, 6) is 0. The number of rotatable bonds is 3. The van der Waals surface area contributed by atoms with Gasteiger partial charge in [-0.3, -0.25) is 0 Å². The molecule has 40 heavy (non-hydrogen) atoms. The lowest BCUT2D eigenvalue weighted by atomic mass is 9.87. The van der Waals surface area contributed by atoms with E-state index in [0.717, 1.165) is 33.4 Å². The van der Waals surface area contributed by atoms with Gasteiger partial charge in [0.25, 0.3) is 0 Å². The Labute approximate surface area is 239 Å². The molecule has 0 bridgehead atoms. The van der Waals surface area contributed by atoms with Crippen LogP contribution >= 0.6 is 22.7 Å². The standard InChI is InChI=1S/C37H21NS2/c38-22-32-30(26-14-9-19-35-36(26)29-13-5-7-18-34(29)39-35)20-24(23-10-2-1-3-11-23)21-31(32)28-16-8-15-27-25-12-4-6-17-33(25)40-37(27)28/h1-21H. The molecule has 0 unspecified atom stereocenters. The zero-order valence-electron chi connectivity index (χ0n) is 21.4. The molecule has 0 radical (unpaired) electrons. The van der Waals surface area contributed by atoms with Crippen molar-refractivity contribution in [1.29, 1.82) is 5.26 Å². The number of hydrogen-bond acceptors (Lipinski definition) is 3. The van der Waals surface area contributed by atoms with Crippen molar-refractivity contribution in [3.63, 3.8) is 0 Å². The Hall–Kier alpha value is -4.75. The van der Waals surface area contributed by atoms with Crippen LogP contribution in [0.3, 0.4) is 0 Å². The van der Waals surface area contributed by atoms with Crippen molar-refractivity contribution < 1.29 is 0 Å². The van der Waals surface area contributed by atoms with Gasteiger partial charge in [-0.25, -0.2) is 0 Å². The zero-order valence-corrected chi connectivity index (χ0v) is 23.0. The predicted molar refractivity (Wildman–Crippen MR) is 173 cm³/mol. The minimum absolute atomic E-state index is 0.715. The fourth-order valence-corrected chi connectivity index (χ4v) is 8.31. The molecule has 0 aliphatic rings. The third-order valence-electron chi connectivity index (χ3n) is 7.74. The van der Waals surface area contributed by atoms with Gasteiger partial charge in [-0.05, 0) is 47.0 Å². The van der Waals surface area contributed by atoms with Crippen LogP contribution in [-0.2, 0) is 0 Å². The number of nitriles is 1. The molecule has 2 aromatic heterocycles. The van der Waals surface area contributed by atoms with Crippen molar-refractivity contribution in [2.75, 3.05) is 0 Å². The highest BCUT2D eigenvalue weighted by Gasteiger charge is 2.20. The third-order valence-corrected chi connectivity index (χ3v) is 10.1. The molecule has 0 saturated carbocycles. The first-order valence-electron chi connectivity index (χ1n) is 13.2. The Balaban J connectivity index is 1.50. The fourth-order valence-electron chi connectivity index (χ4n) is 5.94. The van der Waals surface area contributed by atoms with E-state index in [1.807, 2.05) is 17.4 Å². The molecule has 0 N–H and O–H groups in total. The van der Waals surface area contributed by atoms with E-state index in [1.165, 1.54) is 40.3 Å². The van der Waals surface area contributed by atoms with E-state index in [1.54, 1.807) is 11.3 Å². The smallest absolute Gasteiger partial charge is 0.100 e. The molecule has 8 aromatic rings. The predicted octanol–water partition coefficient (Wildman–Crippen LogP) is 11.3. The van der Waals surface area contributed by atoms with Crippen LogP contribution in [-0.4, -0.2) is 0 Å². The molecule has 0 amide bonds. The van der Waals surface area contributed by atoms with Crippen LogP contribution in [0.5, 0.6) is 0 Å². The van der Waals surface area contributed by atoms with Crippen LogP contribution < -0.4 is 0 Å². The van der Waals surface area contributed by atoms with E-state index < -0.39 is 0 Å². The van der Waals surface area contributed by atoms with E-state index in [4.69, 9.17) is 0 Å². The summed E-state index contributed by atoms with van der Waals surface area (Å²) in [5, 5.41) is 15.7. The van der Waals surface area contributed by atoms with Crippen molar-refractivity contribution in [2.45, 2.75) is 0 Å². The van der Waals surface area contributed by atoms with Crippen molar-refractivity contribution in [3.8, 4) is 39.4 Å². The number of nitrogens with zero attached hydrogens (tertiary/aromatic N) is 1. The SMILES string of the molecule is N#Cc1c(-c2cccc3c2sc2ccccc23)cc(-c2ccccc2)cc1-c1cccc2sc3ccccc3c12. The zero-order chi connectivity index (χ0) is 26.6. The van der Waals surface area contributed by atoms with Crippen LogP contribution in [0, 0.1) is 11.3 Å². The summed E-state index contributed by atoms with van der Waals surface area (Å²) in [6, 6.07) is 47.7. The summed E-state index contributed by atoms with van der Waals surface area (Å²) in [6.07, 6.45) is 0. The van der Waals surface area contributed by atoms with Crippen LogP contribution in [0.4, 0.5) is 0 Å². The van der Waals surface area contributed by atoms with Gasteiger partial charge in [-0.2, -0.15) is 5.26 Å². The Kier molecular flexibility index (Phi) is 5.31. The van der Waals surface area contributed by atoms with Crippen molar-refractivity contribution in [2.24, 2.45) is 0 Å². The second-order valence-electron chi connectivity index (χ2n) is 9.98. The topological polar surface area (TPSA) is 23.8 Å². The molecule has 2 heterocycles. The van der Waals surface area contributed by atoms with Crippen molar-refractivity contribution in [3.05, 3.63) is 133 Å². The Morgan fingerprint density at radius 1 is 0.450 bits per heavy atom. The molecule has 8 rings (SSSR count). The lowest BCUT2D eigenvalue weighted by Gasteiger charge is -2.16. The van der Waals surface area contributed by atoms with E-state index in [9.17, 15) is 5.26 Å². The maximum Gasteiger partial charge on any atom is 0.100 e. The average molecular weight is 544 g/mol. The van der Waals surface area contributed by atoms with Gasteiger partial charge in [0.15, 0.2) is 0 Å². The van der Waals surface area contributed by atoms with Gasteiger partial charge < -0.3 is 0 Å². The quantitative estimate of drug-likeness (QED) is 0.217. The first-order valence-corrected chi connectivity index (χ1v) is 14.9. The summed E-state index contributed by atoms with van der Waals surface area (Å²) < 4.78 is 4.98. The van der Waals surface area contributed by atoms with Crippen LogP contribution in [0.15, 0.2) is 127 Å². The van der Waals surface area contributed by atoms with Gasteiger partial charge in [0, 0.05) is 57.0 Å². The number of fused-ring (bicyclic) bond motifs is 6. The molecule has 0 aliphatic heterocycles. The van der Waals surface area contributed by atoms with E-state index in [0.29, 0.717) is 5.56 Å². The second-order valence-corrected chi connectivity index (χ2v) is 12.1.